The van der Waals surface area contributed by atoms with E-state index in [0.717, 1.165) is 19.6 Å². The molecule has 1 saturated heterocycles. The monoisotopic (exact) mass is 173 g/mol. The molecule has 2 N–H and O–H groups in total. The Bertz CT molecular complexity index is 111. The second-order valence-corrected chi connectivity index (χ2v) is 3.48. The highest BCUT2D eigenvalue weighted by atomic mass is 16.5. The van der Waals surface area contributed by atoms with Crippen LogP contribution in [0.2, 0.25) is 0 Å². The van der Waals surface area contributed by atoms with Crippen LogP contribution in [0.15, 0.2) is 0 Å². The summed E-state index contributed by atoms with van der Waals surface area (Å²) in [4.78, 5) is 0. The van der Waals surface area contributed by atoms with E-state index in [1.807, 2.05) is 0 Å². The summed E-state index contributed by atoms with van der Waals surface area (Å²) in [5, 5.41) is 12.1. The minimum atomic E-state index is -0.241. The Hall–Kier alpha value is -0.120. The molecule has 1 aliphatic rings. The van der Waals surface area contributed by atoms with Crippen molar-refractivity contribution in [1.82, 2.24) is 5.32 Å². The average molecular weight is 173 g/mol. The van der Waals surface area contributed by atoms with Crippen LogP contribution in [-0.4, -0.2) is 37.0 Å². The molecule has 0 amide bonds. The third-order valence-corrected chi connectivity index (χ3v) is 2.11. The lowest BCUT2D eigenvalue weighted by molar-refractivity contribution is 0.103. The first-order chi connectivity index (χ1) is 5.79. The number of aliphatic hydroxyl groups is 1. The van der Waals surface area contributed by atoms with E-state index in [0.29, 0.717) is 12.6 Å². The number of ether oxygens (including phenoxy) is 1. The summed E-state index contributed by atoms with van der Waals surface area (Å²) in [5.41, 5.74) is 0. The van der Waals surface area contributed by atoms with Gasteiger partial charge in [-0.05, 0) is 32.7 Å². The van der Waals surface area contributed by atoms with Crippen LogP contribution >= 0.6 is 0 Å². The molecule has 0 aliphatic carbocycles. The molecule has 0 spiro atoms. The largest absolute Gasteiger partial charge is 0.392 e. The molecule has 0 bridgehead atoms. The van der Waals surface area contributed by atoms with Crippen molar-refractivity contribution in [1.29, 1.82) is 0 Å². The second-order valence-electron chi connectivity index (χ2n) is 3.48. The van der Waals surface area contributed by atoms with E-state index in [1.54, 1.807) is 6.92 Å². The maximum atomic E-state index is 8.95. The Labute approximate surface area is 74.1 Å². The Morgan fingerprint density at radius 1 is 1.67 bits per heavy atom. The van der Waals surface area contributed by atoms with E-state index >= 15 is 0 Å². The first-order valence-corrected chi connectivity index (χ1v) is 4.79. The van der Waals surface area contributed by atoms with Crippen LogP contribution in [0.25, 0.3) is 0 Å². The van der Waals surface area contributed by atoms with E-state index < -0.39 is 0 Å². The van der Waals surface area contributed by atoms with E-state index in [9.17, 15) is 0 Å². The van der Waals surface area contributed by atoms with Crippen LogP contribution < -0.4 is 5.32 Å². The van der Waals surface area contributed by atoms with Crippen LogP contribution in [0.1, 0.15) is 26.2 Å². The fourth-order valence-electron chi connectivity index (χ4n) is 1.45. The SMILES string of the molecule is CC(O)CNCCC1CCCO1. The van der Waals surface area contributed by atoms with Gasteiger partial charge in [0, 0.05) is 13.2 Å². The van der Waals surface area contributed by atoms with Crippen molar-refractivity contribution in [2.45, 2.75) is 38.4 Å². The number of rotatable bonds is 5. The molecule has 0 saturated carbocycles. The zero-order valence-corrected chi connectivity index (χ0v) is 7.75. The molecule has 1 heterocycles. The van der Waals surface area contributed by atoms with Gasteiger partial charge in [-0.3, -0.25) is 0 Å². The van der Waals surface area contributed by atoms with Gasteiger partial charge in [-0.2, -0.15) is 0 Å². The highest BCUT2D eigenvalue weighted by Crippen LogP contribution is 2.14. The van der Waals surface area contributed by atoms with Gasteiger partial charge >= 0.3 is 0 Å². The van der Waals surface area contributed by atoms with E-state index in [2.05, 4.69) is 5.32 Å². The average Bonchev–Trinajstić information content (AvgIpc) is 2.49. The van der Waals surface area contributed by atoms with Gasteiger partial charge in [0.15, 0.2) is 0 Å². The summed E-state index contributed by atoms with van der Waals surface area (Å²) >= 11 is 0. The molecule has 2 unspecified atom stereocenters. The molecule has 0 aromatic rings. The Morgan fingerprint density at radius 3 is 3.08 bits per heavy atom. The third-order valence-electron chi connectivity index (χ3n) is 2.11. The fraction of sp³-hybridized carbons (Fsp3) is 1.00. The van der Waals surface area contributed by atoms with Crippen LogP contribution in [0.3, 0.4) is 0 Å². The Morgan fingerprint density at radius 2 is 2.50 bits per heavy atom. The standard InChI is InChI=1S/C9H19NO2/c1-8(11)7-10-5-4-9-3-2-6-12-9/h8-11H,2-7H2,1H3. The molecule has 72 valence electrons. The predicted molar refractivity (Wildman–Crippen MR) is 48.1 cm³/mol. The van der Waals surface area contributed by atoms with Gasteiger partial charge in [-0.15, -0.1) is 0 Å². The number of hydrogen-bond acceptors (Lipinski definition) is 3. The normalized spacial score (nSPS) is 26.0. The molecule has 3 heteroatoms. The van der Waals surface area contributed by atoms with Gasteiger partial charge in [0.2, 0.25) is 0 Å². The number of nitrogens with one attached hydrogen (secondary N) is 1. The Kier molecular flexibility index (Phi) is 4.58. The van der Waals surface area contributed by atoms with Crippen LogP contribution in [0.5, 0.6) is 0 Å². The van der Waals surface area contributed by atoms with E-state index in [1.165, 1.54) is 12.8 Å². The summed E-state index contributed by atoms with van der Waals surface area (Å²) in [6.45, 7) is 4.36. The number of aliphatic hydroxyl groups excluding tert-OH is 1. The van der Waals surface area contributed by atoms with Crippen LogP contribution in [-0.2, 0) is 4.74 Å². The van der Waals surface area contributed by atoms with Crippen molar-refractivity contribution in [3.63, 3.8) is 0 Å². The van der Waals surface area contributed by atoms with Gasteiger partial charge in [0.1, 0.15) is 0 Å². The maximum Gasteiger partial charge on any atom is 0.0636 e. The molecule has 1 fully saturated rings. The zero-order chi connectivity index (χ0) is 8.81. The molecular formula is C9H19NO2. The van der Waals surface area contributed by atoms with E-state index in [4.69, 9.17) is 9.84 Å². The summed E-state index contributed by atoms with van der Waals surface area (Å²) in [7, 11) is 0. The number of hydrogen-bond donors (Lipinski definition) is 2. The zero-order valence-electron chi connectivity index (χ0n) is 7.75. The third kappa shape index (κ3) is 4.04. The molecule has 0 aromatic carbocycles. The molecule has 2 atom stereocenters. The van der Waals surface area contributed by atoms with E-state index in [-0.39, 0.29) is 6.10 Å². The smallest absolute Gasteiger partial charge is 0.0636 e. The summed E-state index contributed by atoms with van der Waals surface area (Å²) in [6.07, 6.45) is 3.71. The lowest BCUT2D eigenvalue weighted by atomic mass is 10.2. The highest BCUT2D eigenvalue weighted by Gasteiger charge is 2.14. The minimum absolute atomic E-state index is 0.241. The maximum absolute atomic E-state index is 8.95. The predicted octanol–water partition coefficient (Wildman–Crippen LogP) is 0.526. The van der Waals surface area contributed by atoms with Crippen molar-refractivity contribution in [2.24, 2.45) is 0 Å². The van der Waals surface area contributed by atoms with Gasteiger partial charge in [0.05, 0.1) is 12.2 Å². The summed E-state index contributed by atoms with van der Waals surface area (Å²) in [6, 6.07) is 0. The molecule has 0 aromatic heterocycles. The fourth-order valence-corrected chi connectivity index (χ4v) is 1.45. The molecule has 1 rings (SSSR count). The highest BCUT2D eigenvalue weighted by molar-refractivity contribution is 4.66. The minimum Gasteiger partial charge on any atom is -0.392 e. The van der Waals surface area contributed by atoms with Gasteiger partial charge in [-0.1, -0.05) is 0 Å². The first-order valence-electron chi connectivity index (χ1n) is 4.79. The van der Waals surface area contributed by atoms with Crippen molar-refractivity contribution in [3.05, 3.63) is 0 Å². The second kappa shape index (κ2) is 5.51. The summed E-state index contributed by atoms with van der Waals surface area (Å²) < 4.78 is 5.46. The lowest BCUT2D eigenvalue weighted by Gasteiger charge is -2.10. The molecule has 3 nitrogen and oxygen atoms in total. The van der Waals surface area contributed by atoms with Gasteiger partial charge < -0.3 is 15.2 Å². The van der Waals surface area contributed by atoms with Crippen LogP contribution in [0, 0.1) is 0 Å². The molecule has 12 heavy (non-hydrogen) atoms. The first kappa shape index (κ1) is 9.96. The van der Waals surface area contributed by atoms with Gasteiger partial charge in [-0.25, -0.2) is 0 Å². The molecule has 1 aliphatic heterocycles. The van der Waals surface area contributed by atoms with Crippen molar-refractivity contribution < 1.29 is 9.84 Å². The molecule has 0 radical (unpaired) electrons. The van der Waals surface area contributed by atoms with Gasteiger partial charge in [0.25, 0.3) is 0 Å². The van der Waals surface area contributed by atoms with Crippen molar-refractivity contribution in [3.8, 4) is 0 Å². The van der Waals surface area contributed by atoms with Crippen molar-refractivity contribution in [2.75, 3.05) is 19.7 Å². The topological polar surface area (TPSA) is 41.5 Å². The quantitative estimate of drug-likeness (QED) is 0.596. The molecular weight excluding hydrogens is 154 g/mol. The lowest BCUT2D eigenvalue weighted by Crippen LogP contribution is -2.27. The summed E-state index contributed by atoms with van der Waals surface area (Å²) in [5.74, 6) is 0. The Balaban J connectivity index is 1.88. The van der Waals surface area contributed by atoms with Crippen molar-refractivity contribution >= 4 is 0 Å². The van der Waals surface area contributed by atoms with Crippen LogP contribution in [0.4, 0.5) is 0 Å².